The van der Waals surface area contributed by atoms with Gasteiger partial charge in [-0.05, 0) is 25.7 Å². The lowest BCUT2D eigenvalue weighted by molar-refractivity contribution is -0.704. The predicted molar refractivity (Wildman–Crippen MR) is 110 cm³/mol. The maximum atomic E-state index is 2.54. The third-order valence-corrected chi connectivity index (χ3v) is 5.35. The number of hydrogen-bond donors (Lipinski definition) is 0. The molecule has 2 nitrogen and oxygen atoms in total. The third kappa shape index (κ3) is 10.1. The van der Waals surface area contributed by atoms with Crippen LogP contribution in [0.4, 0.5) is 0 Å². The van der Waals surface area contributed by atoms with E-state index in [0.717, 1.165) is 0 Å². The molecule has 2 heteroatoms. The molecule has 0 aliphatic rings. The van der Waals surface area contributed by atoms with E-state index >= 15 is 0 Å². The van der Waals surface area contributed by atoms with E-state index < -0.39 is 0 Å². The van der Waals surface area contributed by atoms with Crippen LogP contribution in [0.2, 0.25) is 0 Å². The molecule has 0 unspecified atom stereocenters. The van der Waals surface area contributed by atoms with Crippen molar-refractivity contribution in [2.75, 3.05) is 0 Å². The number of hydrogen-bond acceptors (Lipinski definition) is 0. The molecular weight excluding hydrogens is 304 g/mol. The number of rotatable bonds is 17. The zero-order chi connectivity index (χ0) is 18.2. The van der Waals surface area contributed by atoms with Crippen molar-refractivity contribution in [2.45, 2.75) is 130 Å². The van der Waals surface area contributed by atoms with E-state index in [4.69, 9.17) is 0 Å². The van der Waals surface area contributed by atoms with E-state index in [9.17, 15) is 0 Å². The Balaban J connectivity index is 2.21. The molecule has 0 N–H and O–H groups in total. The first-order valence-electron chi connectivity index (χ1n) is 11.4. The second-order valence-electron chi connectivity index (χ2n) is 7.74. The summed E-state index contributed by atoms with van der Waals surface area (Å²) in [5.74, 6) is 1.56. The Hall–Kier alpha value is -0.790. The molecule has 0 aromatic carbocycles. The zero-order valence-corrected chi connectivity index (χ0v) is 17.6. The van der Waals surface area contributed by atoms with E-state index in [0.29, 0.717) is 0 Å². The minimum Gasteiger partial charge on any atom is -0.234 e. The molecule has 1 heterocycles. The fraction of sp³-hybridized carbons (Fsp3) is 0.870. The van der Waals surface area contributed by atoms with Gasteiger partial charge in [0.25, 0.3) is 5.82 Å². The number of aromatic nitrogens is 2. The van der Waals surface area contributed by atoms with Crippen LogP contribution in [0.1, 0.15) is 116 Å². The van der Waals surface area contributed by atoms with Crippen molar-refractivity contribution in [3.05, 3.63) is 18.2 Å². The first-order valence-corrected chi connectivity index (χ1v) is 11.4. The highest BCUT2D eigenvalue weighted by molar-refractivity contribution is 4.84. The summed E-state index contributed by atoms with van der Waals surface area (Å²) < 4.78 is 5.05. The standard InChI is InChI=1S/C23H45N2/c1-4-7-10-11-12-13-14-15-16-17-20-25-22-21-24(19-9-6-3)23(25)18-8-5-2/h21-22H,4-20H2,1-3H3/q+1. The van der Waals surface area contributed by atoms with E-state index in [2.05, 4.69) is 42.3 Å². The fourth-order valence-electron chi connectivity index (χ4n) is 3.63. The molecule has 0 fully saturated rings. The molecule has 0 saturated carbocycles. The quantitative estimate of drug-likeness (QED) is 0.215. The Bertz CT molecular complexity index is 408. The highest BCUT2D eigenvalue weighted by Gasteiger charge is 2.15. The Morgan fingerprint density at radius 2 is 1.24 bits per heavy atom. The molecule has 25 heavy (non-hydrogen) atoms. The first kappa shape index (κ1) is 22.3. The summed E-state index contributed by atoms with van der Waals surface area (Å²) >= 11 is 0. The van der Waals surface area contributed by atoms with Crippen molar-refractivity contribution < 1.29 is 4.57 Å². The number of unbranched alkanes of at least 4 members (excludes halogenated alkanes) is 11. The Kier molecular flexibility index (Phi) is 13.8. The van der Waals surface area contributed by atoms with Crippen molar-refractivity contribution in [1.29, 1.82) is 0 Å². The number of nitrogens with zero attached hydrogens (tertiary/aromatic N) is 2. The van der Waals surface area contributed by atoms with E-state index in [1.807, 2.05) is 0 Å². The molecule has 0 bridgehead atoms. The summed E-state index contributed by atoms with van der Waals surface area (Å²) in [5, 5.41) is 0. The SMILES string of the molecule is CCCCCCCCCCCC[n+]1ccn(CCCC)c1CCCC. The molecule has 0 radical (unpaired) electrons. The van der Waals surface area contributed by atoms with Gasteiger partial charge < -0.3 is 0 Å². The molecule has 1 aromatic rings. The largest absolute Gasteiger partial charge is 0.256 e. The van der Waals surface area contributed by atoms with Crippen LogP contribution in [0.25, 0.3) is 0 Å². The van der Waals surface area contributed by atoms with Gasteiger partial charge in [-0.1, -0.05) is 85.0 Å². The van der Waals surface area contributed by atoms with Gasteiger partial charge in [0.1, 0.15) is 12.4 Å². The summed E-state index contributed by atoms with van der Waals surface area (Å²) in [6.45, 7) is 9.29. The summed E-state index contributed by atoms with van der Waals surface area (Å²) in [7, 11) is 0. The Morgan fingerprint density at radius 1 is 0.680 bits per heavy atom. The molecule has 0 spiro atoms. The van der Waals surface area contributed by atoms with Gasteiger partial charge in [0, 0.05) is 6.42 Å². The van der Waals surface area contributed by atoms with E-state index in [1.54, 1.807) is 5.82 Å². The molecule has 0 aliphatic heterocycles. The van der Waals surface area contributed by atoms with Gasteiger partial charge in [-0.3, -0.25) is 0 Å². The maximum Gasteiger partial charge on any atom is 0.256 e. The van der Waals surface area contributed by atoms with Crippen molar-refractivity contribution >= 4 is 0 Å². The summed E-state index contributed by atoms with van der Waals surface area (Å²) in [6.07, 6.45) is 25.3. The van der Waals surface area contributed by atoms with Crippen LogP contribution >= 0.6 is 0 Å². The average molecular weight is 350 g/mol. The lowest BCUT2D eigenvalue weighted by Gasteiger charge is -2.05. The second-order valence-corrected chi connectivity index (χ2v) is 7.74. The monoisotopic (exact) mass is 349 g/mol. The molecule has 146 valence electrons. The molecule has 0 aliphatic carbocycles. The van der Waals surface area contributed by atoms with Gasteiger partial charge in [0.15, 0.2) is 0 Å². The fourth-order valence-corrected chi connectivity index (χ4v) is 3.63. The topological polar surface area (TPSA) is 8.81 Å². The third-order valence-electron chi connectivity index (χ3n) is 5.35. The molecule has 0 amide bonds. The lowest BCUT2D eigenvalue weighted by atomic mass is 10.1. The van der Waals surface area contributed by atoms with Crippen LogP contribution in [-0.4, -0.2) is 4.57 Å². The van der Waals surface area contributed by atoms with Crippen LogP contribution < -0.4 is 4.57 Å². The smallest absolute Gasteiger partial charge is 0.234 e. The van der Waals surface area contributed by atoms with E-state index in [-0.39, 0.29) is 0 Å². The van der Waals surface area contributed by atoms with Gasteiger partial charge >= 0.3 is 0 Å². The van der Waals surface area contributed by atoms with Crippen LogP contribution in [-0.2, 0) is 19.5 Å². The van der Waals surface area contributed by atoms with Crippen LogP contribution in [0.5, 0.6) is 0 Å². The van der Waals surface area contributed by atoms with Crippen molar-refractivity contribution in [3.8, 4) is 0 Å². The zero-order valence-electron chi connectivity index (χ0n) is 17.6. The van der Waals surface area contributed by atoms with Crippen molar-refractivity contribution in [3.63, 3.8) is 0 Å². The highest BCUT2D eigenvalue weighted by Crippen LogP contribution is 2.11. The van der Waals surface area contributed by atoms with Gasteiger partial charge in [-0.2, -0.15) is 0 Å². The van der Waals surface area contributed by atoms with Crippen LogP contribution in [0.15, 0.2) is 12.4 Å². The van der Waals surface area contributed by atoms with Gasteiger partial charge in [-0.15, -0.1) is 0 Å². The lowest BCUT2D eigenvalue weighted by Crippen LogP contribution is -2.37. The minimum absolute atomic E-state index is 1.20. The van der Waals surface area contributed by atoms with Gasteiger partial charge in [-0.25, -0.2) is 9.13 Å². The number of imidazole rings is 1. The first-order chi connectivity index (χ1) is 12.3. The van der Waals surface area contributed by atoms with Gasteiger partial charge in [0.2, 0.25) is 0 Å². The number of aryl methyl sites for hydroxylation is 2. The van der Waals surface area contributed by atoms with E-state index in [1.165, 1.54) is 109 Å². The van der Waals surface area contributed by atoms with Crippen LogP contribution in [0.3, 0.4) is 0 Å². The molecule has 1 aromatic heterocycles. The Morgan fingerprint density at radius 3 is 1.84 bits per heavy atom. The normalized spacial score (nSPS) is 11.3. The highest BCUT2D eigenvalue weighted by atomic mass is 15.1. The molecular formula is C23H45N2+. The molecule has 0 atom stereocenters. The summed E-state index contributed by atoms with van der Waals surface area (Å²) in [5.41, 5.74) is 0. The van der Waals surface area contributed by atoms with Crippen molar-refractivity contribution in [1.82, 2.24) is 4.57 Å². The summed E-state index contributed by atoms with van der Waals surface area (Å²) in [4.78, 5) is 0. The summed E-state index contributed by atoms with van der Waals surface area (Å²) in [6, 6.07) is 0. The van der Waals surface area contributed by atoms with Gasteiger partial charge in [0.05, 0.1) is 13.1 Å². The van der Waals surface area contributed by atoms with Crippen molar-refractivity contribution in [2.24, 2.45) is 0 Å². The molecule has 1 rings (SSSR count). The maximum absolute atomic E-state index is 2.54. The minimum atomic E-state index is 1.20. The van der Waals surface area contributed by atoms with Crippen LogP contribution in [0, 0.1) is 0 Å². The second kappa shape index (κ2) is 15.5. The Labute approximate surface area is 158 Å². The molecule has 0 saturated heterocycles. The average Bonchev–Trinajstić information content (AvgIpc) is 3.01. The predicted octanol–water partition coefficient (Wildman–Crippen LogP) is 6.84.